The van der Waals surface area contributed by atoms with Crippen molar-refractivity contribution in [1.29, 1.82) is 0 Å². The lowest BCUT2D eigenvalue weighted by atomic mass is 10.3. The molecule has 8 heteroatoms. The number of rotatable bonds is 5. The number of nitrogens with one attached hydrogen (secondary N) is 3. The first-order chi connectivity index (χ1) is 7.90. The maximum Gasteiger partial charge on any atom is 0.238 e. The lowest BCUT2D eigenvalue weighted by Gasteiger charge is -2.07. The van der Waals surface area contributed by atoms with Crippen molar-refractivity contribution in [3.63, 3.8) is 0 Å². The van der Waals surface area contributed by atoms with Crippen LogP contribution >= 0.6 is 12.4 Å². The van der Waals surface area contributed by atoms with Crippen LogP contribution in [0.25, 0.3) is 0 Å². The van der Waals surface area contributed by atoms with Crippen molar-refractivity contribution < 1.29 is 13.2 Å². The highest BCUT2D eigenvalue weighted by Gasteiger charge is 2.03. The van der Waals surface area contributed by atoms with E-state index in [1.807, 2.05) is 0 Å². The van der Waals surface area contributed by atoms with E-state index in [1.165, 1.54) is 0 Å². The largest absolute Gasteiger partial charge is 0.325 e. The van der Waals surface area contributed by atoms with Gasteiger partial charge >= 0.3 is 0 Å². The number of hydrogen-bond donors (Lipinski definition) is 3. The van der Waals surface area contributed by atoms with Crippen molar-refractivity contribution in [3.05, 3.63) is 24.3 Å². The van der Waals surface area contributed by atoms with Crippen LogP contribution in [0.4, 0.5) is 11.4 Å². The lowest BCUT2D eigenvalue weighted by Crippen LogP contribution is -2.25. The van der Waals surface area contributed by atoms with Crippen LogP contribution in [0.5, 0.6) is 0 Å². The zero-order valence-corrected chi connectivity index (χ0v) is 11.7. The molecule has 0 fully saturated rings. The molecule has 0 radical (unpaired) electrons. The molecular formula is C10H16ClN3O3S. The number of amides is 1. The number of benzene rings is 1. The second-order valence-corrected chi connectivity index (χ2v) is 5.28. The van der Waals surface area contributed by atoms with E-state index in [4.69, 9.17) is 0 Å². The summed E-state index contributed by atoms with van der Waals surface area (Å²) in [5, 5.41) is 5.38. The molecule has 0 spiro atoms. The van der Waals surface area contributed by atoms with Crippen LogP contribution in [0.2, 0.25) is 0 Å². The third kappa shape index (κ3) is 6.43. The molecule has 0 aromatic heterocycles. The van der Waals surface area contributed by atoms with Crippen LogP contribution in [0.3, 0.4) is 0 Å². The fourth-order valence-electron chi connectivity index (χ4n) is 1.20. The number of carbonyl (C=O) groups is 1. The number of hydrogen-bond acceptors (Lipinski definition) is 4. The molecule has 18 heavy (non-hydrogen) atoms. The molecule has 0 atom stereocenters. The molecule has 0 heterocycles. The SMILES string of the molecule is CNCC(=O)Nc1ccc(NS(C)(=O)=O)cc1.Cl. The van der Waals surface area contributed by atoms with Crippen molar-refractivity contribution in [2.24, 2.45) is 0 Å². The van der Waals surface area contributed by atoms with Crippen LogP contribution in [0.1, 0.15) is 0 Å². The zero-order valence-electron chi connectivity index (χ0n) is 10.1. The fraction of sp³-hybridized carbons (Fsp3) is 0.300. The second-order valence-electron chi connectivity index (χ2n) is 3.53. The van der Waals surface area contributed by atoms with Gasteiger partial charge in [0.25, 0.3) is 0 Å². The Morgan fingerprint density at radius 2 is 1.67 bits per heavy atom. The van der Waals surface area contributed by atoms with Crippen LogP contribution in [0, 0.1) is 0 Å². The van der Waals surface area contributed by atoms with E-state index in [0.29, 0.717) is 11.4 Å². The molecule has 0 unspecified atom stereocenters. The van der Waals surface area contributed by atoms with Gasteiger partial charge in [-0.05, 0) is 31.3 Å². The highest BCUT2D eigenvalue weighted by molar-refractivity contribution is 7.92. The van der Waals surface area contributed by atoms with Gasteiger partial charge in [-0.3, -0.25) is 9.52 Å². The van der Waals surface area contributed by atoms with Gasteiger partial charge in [0, 0.05) is 11.4 Å². The molecule has 1 amide bonds. The highest BCUT2D eigenvalue weighted by Crippen LogP contribution is 2.14. The Kier molecular flexibility index (Phi) is 6.67. The summed E-state index contributed by atoms with van der Waals surface area (Å²) in [6.45, 7) is 0.226. The third-order valence-corrected chi connectivity index (χ3v) is 2.42. The predicted octanol–water partition coefficient (Wildman–Crippen LogP) is 0.638. The van der Waals surface area contributed by atoms with Gasteiger partial charge in [-0.25, -0.2) is 8.42 Å². The predicted molar refractivity (Wildman–Crippen MR) is 74.7 cm³/mol. The van der Waals surface area contributed by atoms with Gasteiger partial charge in [0.1, 0.15) is 0 Å². The first-order valence-corrected chi connectivity index (χ1v) is 6.82. The molecule has 0 aliphatic rings. The van der Waals surface area contributed by atoms with Crippen LogP contribution in [-0.4, -0.2) is 34.2 Å². The summed E-state index contributed by atoms with van der Waals surface area (Å²) >= 11 is 0. The molecule has 1 aromatic rings. The fourth-order valence-corrected chi connectivity index (χ4v) is 1.77. The molecule has 6 nitrogen and oxygen atoms in total. The highest BCUT2D eigenvalue weighted by atomic mass is 35.5. The van der Waals surface area contributed by atoms with E-state index >= 15 is 0 Å². The number of halogens is 1. The van der Waals surface area contributed by atoms with E-state index in [2.05, 4.69) is 15.4 Å². The minimum atomic E-state index is -3.27. The van der Waals surface area contributed by atoms with Crippen LogP contribution in [0.15, 0.2) is 24.3 Å². The Hall–Kier alpha value is -1.31. The summed E-state index contributed by atoms with van der Waals surface area (Å²) < 4.78 is 24.3. The smallest absolute Gasteiger partial charge is 0.238 e. The summed E-state index contributed by atoms with van der Waals surface area (Å²) in [6.07, 6.45) is 1.08. The Morgan fingerprint density at radius 1 is 1.17 bits per heavy atom. The monoisotopic (exact) mass is 293 g/mol. The van der Waals surface area contributed by atoms with E-state index in [-0.39, 0.29) is 24.9 Å². The van der Waals surface area contributed by atoms with Gasteiger partial charge in [-0.1, -0.05) is 0 Å². The lowest BCUT2D eigenvalue weighted by molar-refractivity contribution is -0.115. The minimum Gasteiger partial charge on any atom is -0.325 e. The molecule has 3 N–H and O–H groups in total. The van der Waals surface area contributed by atoms with Gasteiger partial charge in [0.2, 0.25) is 15.9 Å². The van der Waals surface area contributed by atoms with E-state index in [1.54, 1.807) is 31.3 Å². The van der Waals surface area contributed by atoms with Crippen molar-refractivity contribution in [1.82, 2.24) is 5.32 Å². The topological polar surface area (TPSA) is 87.3 Å². The van der Waals surface area contributed by atoms with Crippen molar-refractivity contribution in [3.8, 4) is 0 Å². The summed E-state index contributed by atoms with van der Waals surface area (Å²) in [5.74, 6) is -0.156. The standard InChI is InChI=1S/C10H15N3O3S.ClH/c1-11-7-10(14)12-8-3-5-9(6-4-8)13-17(2,15)16;/h3-6,11,13H,7H2,1-2H3,(H,12,14);1H. The molecule has 102 valence electrons. The molecular weight excluding hydrogens is 278 g/mol. The molecule has 1 aromatic carbocycles. The van der Waals surface area contributed by atoms with Gasteiger partial charge in [0.05, 0.1) is 12.8 Å². The van der Waals surface area contributed by atoms with Gasteiger partial charge in [-0.2, -0.15) is 0 Å². The molecule has 0 saturated heterocycles. The quantitative estimate of drug-likeness (QED) is 0.743. The zero-order chi connectivity index (χ0) is 12.9. The summed E-state index contributed by atoms with van der Waals surface area (Å²) in [5.41, 5.74) is 1.07. The first-order valence-electron chi connectivity index (χ1n) is 4.93. The molecule has 0 bridgehead atoms. The molecule has 0 aliphatic heterocycles. The Bertz CT molecular complexity index is 488. The normalized spacial score (nSPS) is 10.3. The number of anilines is 2. The van der Waals surface area contributed by atoms with Crippen LogP contribution < -0.4 is 15.4 Å². The maximum absolute atomic E-state index is 11.2. The van der Waals surface area contributed by atoms with Crippen molar-refractivity contribution in [2.45, 2.75) is 0 Å². The summed E-state index contributed by atoms with van der Waals surface area (Å²) in [7, 11) is -1.59. The molecule has 1 rings (SSSR count). The van der Waals surface area contributed by atoms with Gasteiger partial charge in [-0.15, -0.1) is 12.4 Å². The summed E-state index contributed by atoms with van der Waals surface area (Å²) in [4.78, 5) is 11.2. The maximum atomic E-state index is 11.2. The first kappa shape index (κ1) is 16.7. The van der Waals surface area contributed by atoms with E-state index < -0.39 is 10.0 Å². The molecule has 0 aliphatic carbocycles. The third-order valence-electron chi connectivity index (χ3n) is 1.81. The van der Waals surface area contributed by atoms with Crippen LogP contribution in [-0.2, 0) is 14.8 Å². The average Bonchev–Trinajstić information content (AvgIpc) is 2.19. The summed E-state index contributed by atoms with van der Waals surface area (Å²) in [6, 6.07) is 6.41. The van der Waals surface area contributed by atoms with Gasteiger partial charge in [0.15, 0.2) is 0 Å². The molecule has 0 saturated carbocycles. The number of likely N-dealkylation sites (N-methyl/N-ethyl adjacent to an activating group) is 1. The van der Waals surface area contributed by atoms with Gasteiger partial charge < -0.3 is 10.6 Å². The minimum absolute atomic E-state index is 0. The van der Waals surface area contributed by atoms with Crippen molar-refractivity contribution in [2.75, 3.05) is 29.9 Å². The number of sulfonamides is 1. The Labute approximate surface area is 113 Å². The number of carbonyl (C=O) groups excluding carboxylic acids is 1. The van der Waals surface area contributed by atoms with E-state index in [9.17, 15) is 13.2 Å². The van der Waals surface area contributed by atoms with E-state index in [0.717, 1.165) is 6.26 Å². The average molecular weight is 294 g/mol. The van der Waals surface area contributed by atoms with Crippen molar-refractivity contribution >= 4 is 39.7 Å². The Balaban J connectivity index is 0.00000289. The Morgan fingerprint density at radius 3 is 2.11 bits per heavy atom. The second kappa shape index (κ2) is 7.20.